The van der Waals surface area contributed by atoms with Gasteiger partial charge in [0.25, 0.3) is 0 Å². The minimum atomic E-state index is 0.856. The molecule has 1 heterocycles. The Bertz CT molecular complexity index is 614. The summed E-state index contributed by atoms with van der Waals surface area (Å²) in [5.41, 5.74) is 2.42. The third kappa shape index (κ3) is 3.10. The highest BCUT2D eigenvalue weighted by Gasteiger charge is 2.02. The number of aliphatic imine (C=N–C) groups is 1. The molecule has 0 saturated carbocycles. The normalized spacial score (nSPS) is 15.9. The van der Waals surface area contributed by atoms with Gasteiger partial charge in [-0.1, -0.05) is 36.4 Å². The summed E-state index contributed by atoms with van der Waals surface area (Å²) in [7, 11) is 0. The molecule has 1 aliphatic rings. The van der Waals surface area contributed by atoms with Crippen LogP contribution in [0.2, 0.25) is 0 Å². The van der Waals surface area contributed by atoms with Crippen LogP contribution in [0.3, 0.4) is 0 Å². The van der Waals surface area contributed by atoms with Gasteiger partial charge in [0.05, 0.1) is 0 Å². The number of nitrogens with zero attached hydrogens (tertiary/aromatic N) is 1. The Kier molecular flexibility index (Phi) is 3.41. The summed E-state index contributed by atoms with van der Waals surface area (Å²) in [6.45, 7) is 0.909. The number of benzene rings is 2. The molecule has 3 rings (SSSR count). The first kappa shape index (κ1) is 11.7. The smallest absolute Gasteiger partial charge is 0.128 e. The predicted molar refractivity (Wildman–Crippen MR) is 78.9 cm³/mol. The van der Waals surface area contributed by atoms with Crippen molar-refractivity contribution in [2.45, 2.75) is 6.42 Å². The van der Waals surface area contributed by atoms with Gasteiger partial charge in [-0.25, -0.2) is 0 Å². The Hall–Kier alpha value is -2.35. The van der Waals surface area contributed by atoms with Crippen LogP contribution in [0.1, 0.15) is 12.0 Å². The first-order valence-electron chi connectivity index (χ1n) is 6.43. The molecule has 0 aromatic heterocycles. The molecule has 0 atom stereocenters. The molecule has 0 unspecified atom stereocenters. The zero-order chi connectivity index (χ0) is 12.9. The van der Waals surface area contributed by atoms with E-state index in [1.54, 1.807) is 0 Å². The van der Waals surface area contributed by atoms with Gasteiger partial charge >= 0.3 is 0 Å². The highest BCUT2D eigenvalue weighted by molar-refractivity contribution is 5.87. The molecule has 0 bridgehead atoms. The predicted octanol–water partition coefficient (Wildman–Crippen LogP) is 4.34. The van der Waals surface area contributed by atoms with Gasteiger partial charge in [-0.15, -0.1) is 0 Å². The maximum atomic E-state index is 5.82. The van der Waals surface area contributed by atoms with Gasteiger partial charge in [0.15, 0.2) is 0 Å². The molecule has 2 aromatic carbocycles. The van der Waals surface area contributed by atoms with Crippen LogP contribution in [0.5, 0.6) is 11.5 Å². The van der Waals surface area contributed by atoms with Crippen LogP contribution >= 0.6 is 0 Å². The van der Waals surface area contributed by atoms with Crippen molar-refractivity contribution in [3.8, 4) is 11.5 Å². The number of hydrogen-bond acceptors (Lipinski definition) is 2. The largest absolute Gasteiger partial charge is 0.457 e. The lowest BCUT2D eigenvalue weighted by Crippen LogP contribution is -1.85. The first-order valence-corrected chi connectivity index (χ1v) is 6.43. The third-order valence-corrected chi connectivity index (χ3v) is 2.98. The molecule has 2 nitrogen and oxygen atoms in total. The Balaban J connectivity index is 1.80. The van der Waals surface area contributed by atoms with Crippen LogP contribution in [0.15, 0.2) is 65.2 Å². The van der Waals surface area contributed by atoms with Crippen molar-refractivity contribution in [2.75, 3.05) is 6.54 Å². The number of para-hydroxylation sites is 1. The van der Waals surface area contributed by atoms with Gasteiger partial charge in [-0.3, -0.25) is 4.99 Å². The van der Waals surface area contributed by atoms with Crippen molar-refractivity contribution in [1.82, 2.24) is 0 Å². The van der Waals surface area contributed by atoms with E-state index < -0.39 is 0 Å². The van der Waals surface area contributed by atoms with Gasteiger partial charge in [-0.05, 0) is 41.8 Å². The van der Waals surface area contributed by atoms with E-state index in [1.807, 2.05) is 54.7 Å². The lowest BCUT2D eigenvalue weighted by Gasteiger charge is -2.06. The first-order chi connectivity index (χ1) is 9.40. The summed E-state index contributed by atoms with van der Waals surface area (Å²) in [5, 5.41) is 0. The van der Waals surface area contributed by atoms with E-state index in [4.69, 9.17) is 4.74 Å². The maximum Gasteiger partial charge on any atom is 0.128 e. The summed E-state index contributed by atoms with van der Waals surface area (Å²) < 4.78 is 5.82. The molecule has 0 aliphatic carbocycles. The molecule has 0 amide bonds. The second-order valence-electron chi connectivity index (χ2n) is 4.49. The van der Waals surface area contributed by atoms with E-state index in [9.17, 15) is 0 Å². The Morgan fingerprint density at radius 3 is 2.58 bits per heavy atom. The Labute approximate surface area is 113 Å². The van der Waals surface area contributed by atoms with E-state index in [0.29, 0.717) is 0 Å². The lowest BCUT2D eigenvalue weighted by atomic mass is 10.1. The molecule has 2 heteroatoms. The molecular weight excluding hydrogens is 234 g/mol. The van der Waals surface area contributed by atoms with Crippen molar-refractivity contribution in [3.63, 3.8) is 0 Å². The molecular formula is C17H15NO. The van der Waals surface area contributed by atoms with E-state index in [2.05, 4.69) is 17.1 Å². The van der Waals surface area contributed by atoms with Crippen molar-refractivity contribution in [1.29, 1.82) is 0 Å². The second-order valence-corrected chi connectivity index (χ2v) is 4.49. The maximum absolute atomic E-state index is 5.82. The van der Waals surface area contributed by atoms with Crippen molar-refractivity contribution >= 4 is 12.3 Å². The van der Waals surface area contributed by atoms with E-state index >= 15 is 0 Å². The van der Waals surface area contributed by atoms with E-state index in [0.717, 1.165) is 30.0 Å². The van der Waals surface area contributed by atoms with E-state index in [-0.39, 0.29) is 0 Å². The molecule has 2 aromatic rings. The second kappa shape index (κ2) is 5.53. The molecule has 0 radical (unpaired) electrons. The van der Waals surface area contributed by atoms with Crippen LogP contribution in [-0.4, -0.2) is 12.8 Å². The summed E-state index contributed by atoms with van der Waals surface area (Å²) in [4.78, 5) is 4.23. The number of ether oxygens (including phenoxy) is 1. The van der Waals surface area contributed by atoms with Crippen molar-refractivity contribution in [3.05, 3.63) is 65.7 Å². The number of hydrogen-bond donors (Lipinski definition) is 0. The molecule has 19 heavy (non-hydrogen) atoms. The summed E-state index contributed by atoms with van der Waals surface area (Å²) in [5.74, 6) is 1.71. The standard InChI is InChI=1S/C17H15NO/c1-2-6-16(7-3-1)19-17-8-4-5-14(12-17)11-15-9-10-18-13-15/h1-8,11-13H,9-10H2/b15-11-. The van der Waals surface area contributed by atoms with Gasteiger partial charge in [0, 0.05) is 12.8 Å². The van der Waals surface area contributed by atoms with Crippen LogP contribution in [-0.2, 0) is 0 Å². The van der Waals surface area contributed by atoms with Crippen molar-refractivity contribution in [2.24, 2.45) is 4.99 Å². The van der Waals surface area contributed by atoms with Crippen molar-refractivity contribution < 1.29 is 4.74 Å². The zero-order valence-corrected chi connectivity index (χ0v) is 10.6. The minimum absolute atomic E-state index is 0.856. The average Bonchev–Trinajstić information content (AvgIpc) is 2.93. The van der Waals surface area contributed by atoms with Gasteiger partial charge < -0.3 is 4.74 Å². The highest BCUT2D eigenvalue weighted by atomic mass is 16.5. The SMILES string of the molecule is C1=NCC/C1=C/c1cccc(Oc2ccccc2)c1. The monoisotopic (exact) mass is 249 g/mol. The Morgan fingerprint density at radius 1 is 0.947 bits per heavy atom. The van der Waals surface area contributed by atoms with Crippen LogP contribution in [0.4, 0.5) is 0 Å². The quantitative estimate of drug-likeness (QED) is 0.793. The molecule has 0 N–H and O–H groups in total. The fourth-order valence-corrected chi connectivity index (χ4v) is 2.06. The summed E-state index contributed by atoms with van der Waals surface area (Å²) >= 11 is 0. The zero-order valence-electron chi connectivity index (χ0n) is 10.6. The lowest BCUT2D eigenvalue weighted by molar-refractivity contribution is 0.482. The number of rotatable bonds is 3. The van der Waals surface area contributed by atoms with E-state index in [1.165, 1.54) is 5.57 Å². The van der Waals surface area contributed by atoms with Gasteiger partial charge in [0.1, 0.15) is 11.5 Å². The average molecular weight is 249 g/mol. The highest BCUT2D eigenvalue weighted by Crippen LogP contribution is 2.23. The summed E-state index contributed by atoms with van der Waals surface area (Å²) in [6, 6.07) is 17.9. The molecule has 0 fully saturated rings. The third-order valence-electron chi connectivity index (χ3n) is 2.98. The fraction of sp³-hybridized carbons (Fsp3) is 0.118. The summed E-state index contributed by atoms with van der Waals surface area (Å²) in [6.07, 6.45) is 5.14. The molecule has 0 spiro atoms. The molecule has 0 saturated heterocycles. The fourth-order valence-electron chi connectivity index (χ4n) is 2.06. The van der Waals surface area contributed by atoms with Gasteiger partial charge in [0.2, 0.25) is 0 Å². The molecule has 1 aliphatic heterocycles. The molecule has 94 valence electrons. The van der Waals surface area contributed by atoms with Crippen LogP contribution in [0.25, 0.3) is 6.08 Å². The minimum Gasteiger partial charge on any atom is -0.457 e. The Morgan fingerprint density at radius 2 is 1.79 bits per heavy atom. The van der Waals surface area contributed by atoms with Crippen LogP contribution in [0, 0.1) is 0 Å². The van der Waals surface area contributed by atoms with Crippen LogP contribution < -0.4 is 4.74 Å². The topological polar surface area (TPSA) is 21.6 Å². The van der Waals surface area contributed by atoms with Gasteiger partial charge in [-0.2, -0.15) is 0 Å².